The van der Waals surface area contributed by atoms with E-state index in [4.69, 9.17) is 5.11 Å². The average molecular weight is 209 g/mol. The number of phenols is 1. The predicted octanol–water partition coefficient (Wildman–Crippen LogP) is 1.44. The number of aromatic carboxylic acids is 1. The van der Waals surface area contributed by atoms with Gasteiger partial charge in [0.1, 0.15) is 11.3 Å². The maximum atomic E-state index is 11.0. The Morgan fingerprint density at radius 1 is 1.40 bits per heavy atom. The molecule has 0 spiro atoms. The number of carbonyl (C=O) groups excluding carboxylic acids is 1. The summed E-state index contributed by atoms with van der Waals surface area (Å²) in [6.45, 7) is 1.70. The van der Waals surface area contributed by atoms with E-state index in [1.165, 1.54) is 18.2 Å². The van der Waals surface area contributed by atoms with Gasteiger partial charge in [-0.25, -0.2) is 4.79 Å². The predicted molar refractivity (Wildman–Crippen MR) is 54.0 cm³/mol. The number of rotatable bonds is 3. The first-order valence-electron chi connectivity index (χ1n) is 4.40. The molecule has 0 saturated heterocycles. The molecule has 3 N–H and O–H groups in total. The molecule has 5 heteroatoms. The van der Waals surface area contributed by atoms with E-state index in [-0.39, 0.29) is 17.2 Å². The number of hydrogen-bond donors (Lipinski definition) is 3. The van der Waals surface area contributed by atoms with Crippen molar-refractivity contribution in [2.45, 2.75) is 13.3 Å². The molecule has 80 valence electrons. The minimum atomic E-state index is -1.21. The van der Waals surface area contributed by atoms with Crippen LogP contribution in [0.25, 0.3) is 0 Å². The van der Waals surface area contributed by atoms with Gasteiger partial charge in [0.05, 0.1) is 0 Å². The van der Waals surface area contributed by atoms with Crippen LogP contribution >= 0.6 is 0 Å². The molecule has 5 nitrogen and oxygen atoms in total. The number of hydrogen-bond acceptors (Lipinski definition) is 3. The maximum Gasteiger partial charge on any atom is 0.339 e. The Balaban J connectivity index is 2.91. The van der Waals surface area contributed by atoms with Crippen molar-refractivity contribution in [3.8, 4) is 5.75 Å². The molecule has 1 amide bonds. The van der Waals surface area contributed by atoms with Crippen LogP contribution in [-0.4, -0.2) is 22.1 Å². The number of amides is 1. The summed E-state index contributed by atoms with van der Waals surface area (Å²) >= 11 is 0. The molecule has 1 aromatic carbocycles. The first-order valence-corrected chi connectivity index (χ1v) is 4.40. The van der Waals surface area contributed by atoms with E-state index >= 15 is 0 Å². The highest BCUT2D eigenvalue weighted by Gasteiger charge is 2.10. The Hall–Kier alpha value is -2.04. The van der Waals surface area contributed by atoms with Gasteiger partial charge in [0.25, 0.3) is 0 Å². The van der Waals surface area contributed by atoms with Crippen LogP contribution in [-0.2, 0) is 4.79 Å². The molecular formula is C10H11NO4. The first kappa shape index (κ1) is 11.0. The van der Waals surface area contributed by atoms with Crippen LogP contribution in [0.4, 0.5) is 5.69 Å². The summed E-state index contributed by atoms with van der Waals surface area (Å²) in [4.78, 5) is 21.6. The monoisotopic (exact) mass is 209 g/mol. The molecule has 0 unspecified atom stereocenters. The number of carbonyl (C=O) groups is 2. The zero-order chi connectivity index (χ0) is 11.4. The van der Waals surface area contributed by atoms with Crippen LogP contribution in [0.15, 0.2) is 18.2 Å². The highest BCUT2D eigenvalue weighted by Crippen LogP contribution is 2.21. The lowest BCUT2D eigenvalue weighted by molar-refractivity contribution is -0.115. The van der Waals surface area contributed by atoms with E-state index in [0.717, 1.165) is 0 Å². The van der Waals surface area contributed by atoms with E-state index < -0.39 is 5.97 Å². The second kappa shape index (κ2) is 4.45. The number of aromatic hydroxyl groups is 1. The van der Waals surface area contributed by atoms with E-state index in [1.54, 1.807) is 6.92 Å². The fourth-order valence-electron chi connectivity index (χ4n) is 1.04. The molecule has 0 aliphatic heterocycles. The zero-order valence-corrected chi connectivity index (χ0v) is 8.15. The van der Waals surface area contributed by atoms with Crippen LogP contribution in [0.1, 0.15) is 23.7 Å². The van der Waals surface area contributed by atoms with Gasteiger partial charge in [-0.15, -0.1) is 0 Å². The van der Waals surface area contributed by atoms with Crippen molar-refractivity contribution in [3.63, 3.8) is 0 Å². The first-order chi connectivity index (χ1) is 7.04. The summed E-state index contributed by atoms with van der Waals surface area (Å²) in [6, 6.07) is 3.87. The average Bonchev–Trinajstić information content (AvgIpc) is 2.17. The number of anilines is 1. The normalized spacial score (nSPS) is 9.67. The molecule has 0 aromatic heterocycles. The lowest BCUT2D eigenvalue weighted by Gasteiger charge is -2.05. The summed E-state index contributed by atoms with van der Waals surface area (Å²) in [5.41, 5.74) is 0.189. The zero-order valence-electron chi connectivity index (χ0n) is 8.15. The van der Waals surface area contributed by atoms with Gasteiger partial charge in [0.15, 0.2) is 0 Å². The van der Waals surface area contributed by atoms with E-state index in [9.17, 15) is 14.7 Å². The van der Waals surface area contributed by atoms with Crippen LogP contribution in [0.5, 0.6) is 5.75 Å². The van der Waals surface area contributed by atoms with Gasteiger partial charge in [-0.1, -0.05) is 6.92 Å². The van der Waals surface area contributed by atoms with Crippen molar-refractivity contribution in [1.29, 1.82) is 0 Å². The largest absolute Gasteiger partial charge is 0.507 e. The van der Waals surface area contributed by atoms with E-state index in [2.05, 4.69) is 5.32 Å². The summed E-state index contributed by atoms with van der Waals surface area (Å²) in [6.07, 6.45) is 0.321. The van der Waals surface area contributed by atoms with Gasteiger partial charge in [-0.3, -0.25) is 4.79 Å². The third-order valence-electron chi connectivity index (χ3n) is 1.83. The summed E-state index contributed by atoms with van der Waals surface area (Å²) in [7, 11) is 0. The second-order valence-corrected chi connectivity index (χ2v) is 2.94. The van der Waals surface area contributed by atoms with Crippen LogP contribution < -0.4 is 5.32 Å². The molecule has 0 bridgehead atoms. The topological polar surface area (TPSA) is 86.6 Å². The molecule has 0 aliphatic rings. The Labute approximate surface area is 86.4 Å². The lowest BCUT2D eigenvalue weighted by Crippen LogP contribution is -2.09. The molecule has 0 radical (unpaired) electrons. The Bertz CT molecular complexity index is 400. The number of nitrogens with one attached hydrogen (secondary N) is 1. The van der Waals surface area contributed by atoms with Crippen LogP contribution in [0.3, 0.4) is 0 Å². The highest BCUT2D eigenvalue weighted by atomic mass is 16.4. The number of benzene rings is 1. The molecule has 0 heterocycles. The third kappa shape index (κ3) is 2.70. The van der Waals surface area contributed by atoms with Crippen molar-refractivity contribution in [3.05, 3.63) is 23.8 Å². The fraction of sp³-hybridized carbons (Fsp3) is 0.200. The smallest absolute Gasteiger partial charge is 0.339 e. The highest BCUT2D eigenvalue weighted by molar-refractivity contribution is 5.94. The number of carboxylic acid groups (broad SMARTS) is 1. The molecule has 1 aromatic rings. The summed E-state index contributed by atoms with van der Waals surface area (Å²) in [5, 5.41) is 20.5. The minimum absolute atomic E-state index is 0.190. The van der Waals surface area contributed by atoms with Gasteiger partial charge in [0, 0.05) is 18.2 Å². The Kier molecular flexibility index (Phi) is 3.28. The quantitative estimate of drug-likeness (QED) is 0.702. The Morgan fingerprint density at radius 2 is 2.07 bits per heavy atom. The summed E-state index contributed by atoms with van der Waals surface area (Å²) < 4.78 is 0. The van der Waals surface area contributed by atoms with Gasteiger partial charge < -0.3 is 15.5 Å². The maximum absolute atomic E-state index is 11.0. The Morgan fingerprint density at radius 3 is 2.53 bits per heavy atom. The van der Waals surface area contributed by atoms with Crippen LogP contribution in [0.2, 0.25) is 0 Å². The van der Waals surface area contributed by atoms with Gasteiger partial charge in [0.2, 0.25) is 5.91 Å². The van der Waals surface area contributed by atoms with E-state index in [1.807, 2.05) is 0 Å². The third-order valence-corrected chi connectivity index (χ3v) is 1.83. The molecule has 0 aliphatic carbocycles. The number of carboxylic acids is 1. The van der Waals surface area contributed by atoms with Crippen molar-refractivity contribution in [2.75, 3.05) is 5.32 Å². The second-order valence-electron chi connectivity index (χ2n) is 2.94. The molecule has 1 rings (SSSR count). The van der Waals surface area contributed by atoms with E-state index in [0.29, 0.717) is 12.1 Å². The van der Waals surface area contributed by atoms with Gasteiger partial charge in [-0.05, 0) is 12.1 Å². The molecule has 0 atom stereocenters. The molecule has 0 saturated carbocycles. The summed E-state index contributed by atoms with van der Waals surface area (Å²) in [5.74, 6) is -1.77. The molecular weight excluding hydrogens is 198 g/mol. The van der Waals surface area contributed by atoms with Gasteiger partial charge >= 0.3 is 5.97 Å². The SMILES string of the molecule is CCC(=O)Nc1ccc(C(=O)O)c(O)c1. The fourth-order valence-corrected chi connectivity index (χ4v) is 1.04. The van der Waals surface area contributed by atoms with Crippen molar-refractivity contribution in [2.24, 2.45) is 0 Å². The van der Waals surface area contributed by atoms with Crippen molar-refractivity contribution < 1.29 is 19.8 Å². The molecule has 0 fully saturated rings. The lowest BCUT2D eigenvalue weighted by atomic mass is 10.2. The molecule has 15 heavy (non-hydrogen) atoms. The minimum Gasteiger partial charge on any atom is -0.507 e. The van der Waals surface area contributed by atoms with Crippen molar-refractivity contribution in [1.82, 2.24) is 0 Å². The van der Waals surface area contributed by atoms with Crippen molar-refractivity contribution >= 4 is 17.6 Å². The standard InChI is InChI=1S/C10H11NO4/c1-2-9(13)11-6-3-4-7(10(14)15)8(12)5-6/h3-5,12H,2H2,1H3,(H,11,13)(H,14,15). The van der Waals surface area contributed by atoms with Gasteiger partial charge in [-0.2, -0.15) is 0 Å². The van der Waals surface area contributed by atoms with Crippen LogP contribution in [0, 0.1) is 0 Å².